The molecule has 2 aliphatic carbocycles. The van der Waals surface area contributed by atoms with Gasteiger partial charge in [-0.05, 0) is 57.1 Å². The lowest BCUT2D eigenvalue weighted by Gasteiger charge is -2.24. The van der Waals surface area contributed by atoms with Gasteiger partial charge in [0, 0.05) is 43.7 Å². The summed E-state index contributed by atoms with van der Waals surface area (Å²) in [7, 11) is 0. The van der Waals surface area contributed by atoms with Gasteiger partial charge in [0.05, 0.1) is 11.2 Å². The van der Waals surface area contributed by atoms with Crippen LogP contribution in [0.2, 0.25) is 0 Å². The second-order valence-electron chi connectivity index (χ2n) is 14.2. The summed E-state index contributed by atoms with van der Waals surface area (Å²) in [5.41, 5.74) is 15.8. The highest BCUT2D eigenvalue weighted by atomic mass is 16.3. The van der Waals surface area contributed by atoms with Gasteiger partial charge in [-0.15, -0.1) is 0 Å². The molecule has 2 aliphatic rings. The Kier molecular flexibility index (Phi) is 5.13. The van der Waals surface area contributed by atoms with E-state index in [4.69, 9.17) is 14.4 Å². The molecule has 0 bridgehead atoms. The van der Waals surface area contributed by atoms with Gasteiger partial charge in [0.1, 0.15) is 11.2 Å². The fourth-order valence-corrected chi connectivity index (χ4v) is 8.59. The minimum absolute atomic E-state index is 0.156. The van der Waals surface area contributed by atoms with Crippen molar-refractivity contribution in [3.8, 4) is 44.9 Å². The van der Waals surface area contributed by atoms with Crippen LogP contribution in [0, 0.1) is 0 Å². The zero-order valence-electron chi connectivity index (χ0n) is 26.8. The molecule has 0 unspecified atom stereocenters. The standard InChI is InChI=1S/C44H32N2O/c1-43(2)33-21-18-26(24-31(33)37-34(43)22-19-30-28-15-9-11-17-36(28)47-41(30)37)42-45-35-23-20-29-27-14-8-10-16-32(27)44(3,4)39(29)38(35)40(46-42)25-12-6-5-7-13-25/h5-24H,1-4H3. The quantitative estimate of drug-likeness (QED) is 0.197. The highest BCUT2D eigenvalue weighted by Gasteiger charge is 2.39. The predicted octanol–water partition coefficient (Wildman–Crippen LogP) is 11.5. The van der Waals surface area contributed by atoms with Crippen molar-refractivity contribution in [3.05, 3.63) is 144 Å². The Bertz CT molecular complexity index is 2620. The van der Waals surface area contributed by atoms with Crippen LogP contribution in [0.15, 0.2) is 126 Å². The van der Waals surface area contributed by atoms with Crippen LogP contribution in [-0.4, -0.2) is 9.97 Å². The molecule has 6 aromatic carbocycles. The number of rotatable bonds is 2. The Balaban J connectivity index is 1.24. The van der Waals surface area contributed by atoms with Crippen molar-refractivity contribution in [2.75, 3.05) is 0 Å². The molecule has 47 heavy (non-hydrogen) atoms. The Labute approximate surface area is 273 Å². The van der Waals surface area contributed by atoms with E-state index in [1.54, 1.807) is 0 Å². The summed E-state index contributed by atoms with van der Waals surface area (Å²) in [5, 5.41) is 3.44. The molecule has 0 amide bonds. The second-order valence-corrected chi connectivity index (χ2v) is 14.2. The van der Waals surface area contributed by atoms with Gasteiger partial charge >= 0.3 is 0 Å². The van der Waals surface area contributed by atoms with E-state index in [-0.39, 0.29) is 10.8 Å². The maximum Gasteiger partial charge on any atom is 0.160 e. The minimum Gasteiger partial charge on any atom is -0.455 e. The monoisotopic (exact) mass is 604 g/mol. The van der Waals surface area contributed by atoms with E-state index in [9.17, 15) is 0 Å². The molecular formula is C44H32N2O. The molecule has 8 aromatic rings. The summed E-state index contributed by atoms with van der Waals surface area (Å²) in [5.74, 6) is 0.732. The maximum absolute atomic E-state index is 6.58. The van der Waals surface area contributed by atoms with Crippen molar-refractivity contribution in [3.63, 3.8) is 0 Å². The Morgan fingerprint density at radius 1 is 0.532 bits per heavy atom. The lowest BCUT2D eigenvalue weighted by Crippen LogP contribution is -2.16. The number of benzene rings is 6. The molecular weight excluding hydrogens is 572 g/mol. The van der Waals surface area contributed by atoms with Gasteiger partial charge in [-0.3, -0.25) is 0 Å². The van der Waals surface area contributed by atoms with Crippen LogP contribution in [0.5, 0.6) is 0 Å². The molecule has 0 atom stereocenters. The first-order valence-electron chi connectivity index (χ1n) is 16.4. The lowest BCUT2D eigenvalue weighted by molar-refractivity contribution is 0.653. The highest BCUT2D eigenvalue weighted by molar-refractivity contribution is 6.12. The van der Waals surface area contributed by atoms with Crippen molar-refractivity contribution in [1.29, 1.82) is 0 Å². The normalized spacial score (nSPS) is 15.1. The smallest absolute Gasteiger partial charge is 0.160 e. The topological polar surface area (TPSA) is 38.9 Å². The van der Waals surface area contributed by atoms with Gasteiger partial charge in [-0.1, -0.05) is 131 Å². The summed E-state index contributed by atoms with van der Waals surface area (Å²) in [6, 6.07) is 43.4. The third kappa shape index (κ3) is 3.46. The molecule has 224 valence electrons. The van der Waals surface area contributed by atoms with Crippen molar-refractivity contribution >= 4 is 32.8 Å². The molecule has 10 rings (SSSR count). The number of furan rings is 1. The molecule has 0 N–H and O–H groups in total. The third-order valence-corrected chi connectivity index (χ3v) is 10.9. The first-order chi connectivity index (χ1) is 22.8. The van der Waals surface area contributed by atoms with E-state index < -0.39 is 0 Å². The molecule has 3 heteroatoms. The van der Waals surface area contributed by atoms with Crippen molar-refractivity contribution < 1.29 is 4.42 Å². The van der Waals surface area contributed by atoms with Crippen LogP contribution in [0.3, 0.4) is 0 Å². The minimum atomic E-state index is -0.180. The van der Waals surface area contributed by atoms with Gasteiger partial charge in [-0.25, -0.2) is 9.97 Å². The Morgan fingerprint density at radius 3 is 2.15 bits per heavy atom. The maximum atomic E-state index is 6.58. The van der Waals surface area contributed by atoms with Crippen molar-refractivity contribution in [2.45, 2.75) is 38.5 Å². The van der Waals surface area contributed by atoms with E-state index in [0.717, 1.165) is 55.5 Å². The fourth-order valence-electron chi connectivity index (χ4n) is 8.59. The first-order valence-corrected chi connectivity index (χ1v) is 16.4. The first kappa shape index (κ1) is 26.7. The summed E-state index contributed by atoms with van der Waals surface area (Å²) in [4.78, 5) is 10.7. The number of fused-ring (bicyclic) bond motifs is 12. The summed E-state index contributed by atoms with van der Waals surface area (Å²) >= 11 is 0. The van der Waals surface area contributed by atoms with E-state index in [1.165, 1.54) is 44.5 Å². The summed E-state index contributed by atoms with van der Waals surface area (Å²) < 4.78 is 6.58. The van der Waals surface area contributed by atoms with Crippen LogP contribution in [0.4, 0.5) is 0 Å². The largest absolute Gasteiger partial charge is 0.455 e. The third-order valence-electron chi connectivity index (χ3n) is 10.9. The molecule has 0 radical (unpaired) electrons. The lowest BCUT2D eigenvalue weighted by atomic mass is 9.80. The van der Waals surface area contributed by atoms with Gasteiger partial charge in [0.25, 0.3) is 0 Å². The molecule has 0 spiro atoms. The highest BCUT2D eigenvalue weighted by Crippen LogP contribution is 2.54. The second kappa shape index (κ2) is 9.04. The Morgan fingerprint density at radius 2 is 1.28 bits per heavy atom. The molecule has 3 nitrogen and oxygen atoms in total. The van der Waals surface area contributed by atoms with Crippen LogP contribution < -0.4 is 0 Å². The van der Waals surface area contributed by atoms with E-state index in [2.05, 4.69) is 143 Å². The molecule has 0 saturated carbocycles. The summed E-state index contributed by atoms with van der Waals surface area (Å²) in [6.45, 7) is 9.29. The van der Waals surface area contributed by atoms with Crippen molar-refractivity contribution in [1.82, 2.24) is 9.97 Å². The van der Waals surface area contributed by atoms with Crippen LogP contribution in [-0.2, 0) is 10.8 Å². The molecule has 2 heterocycles. The average Bonchev–Trinajstić information content (AvgIpc) is 3.67. The predicted molar refractivity (Wildman–Crippen MR) is 193 cm³/mol. The van der Waals surface area contributed by atoms with Crippen LogP contribution in [0.25, 0.3) is 77.7 Å². The number of para-hydroxylation sites is 1. The van der Waals surface area contributed by atoms with Gasteiger partial charge in [-0.2, -0.15) is 0 Å². The van der Waals surface area contributed by atoms with Crippen LogP contribution in [0.1, 0.15) is 49.9 Å². The van der Waals surface area contributed by atoms with Gasteiger partial charge < -0.3 is 4.42 Å². The van der Waals surface area contributed by atoms with E-state index >= 15 is 0 Å². The van der Waals surface area contributed by atoms with Crippen LogP contribution >= 0.6 is 0 Å². The molecule has 0 aliphatic heterocycles. The molecule has 0 saturated heterocycles. The SMILES string of the molecule is CC1(C)c2ccc(-c3nc(-c4ccccc4)c4c5c(ccc4n3)-c3ccccc3C5(C)C)cc2-c2c1ccc1c2oc2ccccc21. The van der Waals surface area contributed by atoms with Gasteiger partial charge in [0.15, 0.2) is 5.82 Å². The van der Waals surface area contributed by atoms with E-state index in [1.807, 2.05) is 6.07 Å². The average molecular weight is 605 g/mol. The number of hydrogen-bond acceptors (Lipinski definition) is 3. The molecule has 0 fully saturated rings. The summed E-state index contributed by atoms with van der Waals surface area (Å²) in [6.07, 6.45) is 0. The fraction of sp³-hybridized carbons (Fsp3) is 0.136. The number of nitrogens with zero attached hydrogens (tertiary/aromatic N) is 2. The zero-order chi connectivity index (χ0) is 31.7. The zero-order valence-corrected chi connectivity index (χ0v) is 26.8. The number of aromatic nitrogens is 2. The Hall–Kier alpha value is -5.54. The van der Waals surface area contributed by atoms with Gasteiger partial charge in [0.2, 0.25) is 0 Å². The van der Waals surface area contributed by atoms with E-state index in [0.29, 0.717) is 0 Å². The molecule has 2 aromatic heterocycles. The number of hydrogen-bond donors (Lipinski definition) is 0. The van der Waals surface area contributed by atoms with Crippen molar-refractivity contribution in [2.24, 2.45) is 0 Å².